The van der Waals surface area contributed by atoms with Gasteiger partial charge in [-0.3, -0.25) is 14.6 Å². The number of anilines is 1. The molecular weight excluding hydrogens is 406 g/mol. The number of nitrogen functional groups attached to an aromatic ring is 1. The molecule has 8 nitrogen and oxygen atoms in total. The zero-order valence-corrected chi connectivity index (χ0v) is 18.1. The van der Waals surface area contributed by atoms with Crippen molar-refractivity contribution in [2.75, 3.05) is 58.2 Å². The lowest BCUT2D eigenvalue weighted by Crippen LogP contribution is -2.51. The highest BCUT2D eigenvalue weighted by molar-refractivity contribution is 6.09. The summed E-state index contributed by atoms with van der Waals surface area (Å²) in [6.45, 7) is 5.50. The highest BCUT2D eigenvalue weighted by Gasteiger charge is 2.68. The summed E-state index contributed by atoms with van der Waals surface area (Å²) in [6.07, 6.45) is 0.787. The van der Waals surface area contributed by atoms with Crippen LogP contribution in [-0.2, 0) is 9.53 Å². The molecule has 1 unspecified atom stereocenters. The number of nitrogens with one attached hydrogen (secondary N) is 1. The number of carbonyl (C=O) groups is 2. The van der Waals surface area contributed by atoms with Gasteiger partial charge in [0.05, 0.1) is 19.3 Å². The van der Waals surface area contributed by atoms with Crippen molar-refractivity contribution < 1.29 is 14.3 Å². The Hall–Kier alpha value is -2.68. The number of rotatable bonds is 4. The summed E-state index contributed by atoms with van der Waals surface area (Å²) in [7, 11) is 0. The second kappa shape index (κ2) is 7.43. The van der Waals surface area contributed by atoms with Gasteiger partial charge in [-0.05, 0) is 23.4 Å². The molecule has 4 heterocycles. The maximum absolute atomic E-state index is 13.7. The van der Waals surface area contributed by atoms with Gasteiger partial charge in [0.15, 0.2) is 0 Å². The molecule has 4 aliphatic heterocycles. The van der Waals surface area contributed by atoms with E-state index in [4.69, 9.17) is 10.5 Å². The first-order valence-electron chi connectivity index (χ1n) is 11.5. The molecule has 8 heteroatoms. The van der Waals surface area contributed by atoms with Gasteiger partial charge in [0.2, 0.25) is 0 Å². The van der Waals surface area contributed by atoms with Gasteiger partial charge in [0, 0.05) is 56.3 Å². The SMILES string of the molecule is Nc1ccc(C2C[C@@H]3CNC[C@@]34C(=O)N(CCN3CCOCC3)C(=O)N24)c2ccccc12. The van der Waals surface area contributed by atoms with Crippen LogP contribution >= 0.6 is 0 Å². The van der Waals surface area contributed by atoms with E-state index in [0.717, 1.165) is 48.1 Å². The average Bonchev–Trinajstić information content (AvgIpc) is 3.42. The van der Waals surface area contributed by atoms with E-state index in [0.29, 0.717) is 32.8 Å². The largest absolute Gasteiger partial charge is 0.398 e. The van der Waals surface area contributed by atoms with Crippen molar-refractivity contribution in [3.05, 3.63) is 42.0 Å². The van der Waals surface area contributed by atoms with Crippen LogP contribution in [0.25, 0.3) is 10.8 Å². The van der Waals surface area contributed by atoms with E-state index in [1.807, 2.05) is 35.2 Å². The zero-order chi connectivity index (χ0) is 21.9. The van der Waals surface area contributed by atoms with Crippen LogP contribution in [0.1, 0.15) is 18.0 Å². The van der Waals surface area contributed by atoms with Crippen molar-refractivity contribution in [1.29, 1.82) is 0 Å². The molecule has 4 fully saturated rings. The topological polar surface area (TPSA) is 91.1 Å². The van der Waals surface area contributed by atoms with E-state index < -0.39 is 5.54 Å². The summed E-state index contributed by atoms with van der Waals surface area (Å²) in [5.74, 6) is 0.0849. The molecule has 32 heavy (non-hydrogen) atoms. The Kier molecular flexibility index (Phi) is 4.64. The van der Waals surface area contributed by atoms with Gasteiger partial charge in [0.1, 0.15) is 5.54 Å². The van der Waals surface area contributed by atoms with Crippen molar-refractivity contribution in [3.8, 4) is 0 Å². The first-order chi connectivity index (χ1) is 15.6. The molecule has 0 saturated carbocycles. The predicted octanol–water partition coefficient (Wildman–Crippen LogP) is 1.42. The smallest absolute Gasteiger partial charge is 0.328 e. The van der Waals surface area contributed by atoms with Crippen molar-refractivity contribution in [1.82, 2.24) is 20.0 Å². The van der Waals surface area contributed by atoms with Crippen LogP contribution in [0.2, 0.25) is 0 Å². The van der Waals surface area contributed by atoms with Gasteiger partial charge in [-0.2, -0.15) is 0 Å². The minimum atomic E-state index is -0.769. The van der Waals surface area contributed by atoms with Crippen LogP contribution < -0.4 is 11.1 Å². The first-order valence-corrected chi connectivity index (χ1v) is 11.5. The van der Waals surface area contributed by atoms with Crippen LogP contribution in [0, 0.1) is 5.92 Å². The molecule has 2 aromatic carbocycles. The number of ether oxygens (including phenoxy) is 1. The summed E-state index contributed by atoms with van der Waals surface area (Å²) >= 11 is 0. The number of hydrogen-bond donors (Lipinski definition) is 2. The van der Waals surface area contributed by atoms with Gasteiger partial charge >= 0.3 is 6.03 Å². The maximum atomic E-state index is 13.7. The van der Waals surface area contributed by atoms with Gasteiger partial charge in [-0.15, -0.1) is 0 Å². The third-order valence-corrected chi connectivity index (χ3v) is 7.86. The van der Waals surface area contributed by atoms with Crippen LogP contribution in [0.5, 0.6) is 0 Å². The number of fused-ring (bicyclic) bond motifs is 1. The highest BCUT2D eigenvalue weighted by Crippen LogP contribution is 2.53. The number of urea groups is 1. The van der Waals surface area contributed by atoms with E-state index in [2.05, 4.69) is 16.3 Å². The fourth-order valence-corrected chi connectivity index (χ4v) is 6.24. The second-order valence-electron chi connectivity index (χ2n) is 9.36. The van der Waals surface area contributed by atoms with Crippen molar-refractivity contribution in [2.24, 2.45) is 5.92 Å². The van der Waals surface area contributed by atoms with Crippen LogP contribution in [0.4, 0.5) is 10.5 Å². The molecule has 1 spiro atoms. The van der Waals surface area contributed by atoms with Crippen LogP contribution in [0.3, 0.4) is 0 Å². The van der Waals surface area contributed by atoms with E-state index in [1.54, 1.807) is 0 Å². The number of amides is 3. The van der Waals surface area contributed by atoms with E-state index in [9.17, 15) is 9.59 Å². The highest BCUT2D eigenvalue weighted by atomic mass is 16.5. The average molecular weight is 436 g/mol. The summed E-state index contributed by atoms with van der Waals surface area (Å²) in [5, 5.41) is 5.45. The second-order valence-corrected chi connectivity index (χ2v) is 9.36. The summed E-state index contributed by atoms with van der Waals surface area (Å²) in [4.78, 5) is 33.1. The Morgan fingerprint density at radius 3 is 2.66 bits per heavy atom. The maximum Gasteiger partial charge on any atom is 0.328 e. The van der Waals surface area contributed by atoms with E-state index in [1.165, 1.54) is 4.90 Å². The molecule has 0 aromatic heterocycles. The molecular formula is C24H29N5O3. The number of nitrogens with zero attached hydrogens (tertiary/aromatic N) is 3. The quantitative estimate of drug-likeness (QED) is 0.558. The van der Waals surface area contributed by atoms with Crippen molar-refractivity contribution in [3.63, 3.8) is 0 Å². The van der Waals surface area contributed by atoms with Gasteiger partial charge in [0.25, 0.3) is 5.91 Å². The molecule has 0 aliphatic carbocycles. The molecule has 4 saturated heterocycles. The number of nitrogens with two attached hydrogens (primary N) is 1. The fraction of sp³-hybridized carbons (Fsp3) is 0.500. The Balaban J connectivity index is 1.36. The van der Waals surface area contributed by atoms with Crippen molar-refractivity contribution >= 4 is 28.4 Å². The molecule has 168 valence electrons. The lowest BCUT2D eigenvalue weighted by molar-refractivity contribution is -0.133. The first kappa shape index (κ1) is 20.0. The molecule has 2 aromatic rings. The molecule has 0 radical (unpaired) electrons. The molecule has 3 N–H and O–H groups in total. The monoisotopic (exact) mass is 435 g/mol. The number of imide groups is 1. The lowest BCUT2D eigenvalue weighted by atomic mass is 9.87. The minimum absolute atomic E-state index is 0.0342. The van der Waals surface area contributed by atoms with Crippen LogP contribution in [0.15, 0.2) is 36.4 Å². The Morgan fingerprint density at radius 1 is 1.06 bits per heavy atom. The Bertz CT molecular complexity index is 1080. The molecule has 3 amide bonds. The van der Waals surface area contributed by atoms with E-state index >= 15 is 0 Å². The molecule has 0 bridgehead atoms. The third-order valence-electron chi connectivity index (χ3n) is 7.86. The lowest BCUT2D eigenvalue weighted by Gasteiger charge is -2.31. The van der Waals surface area contributed by atoms with Gasteiger partial charge in [-0.25, -0.2) is 4.79 Å². The van der Waals surface area contributed by atoms with E-state index in [-0.39, 0.29) is 23.9 Å². The van der Waals surface area contributed by atoms with Gasteiger partial charge < -0.3 is 20.7 Å². The summed E-state index contributed by atoms with van der Waals surface area (Å²) in [6, 6.07) is 11.8. The zero-order valence-electron chi connectivity index (χ0n) is 18.1. The molecule has 6 rings (SSSR count). The molecule has 3 atom stereocenters. The molecule has 4 aliphatic rings. The number of hydrogen-bond acceptors (Lipinski definition) is 6. The van der Waals surface area contributed by atoms with Gasteiger partial charge in [-0.1, -0.05) is 30.3 Å². The summed E-state index contributed by atoms with van der Waals surface area (Å²) < 4.78 is 5.42. The Morgan fingerprint density at radius 2 is 1.84 bits per heavy atom. The summed E-state index contributed by atoms with van der Waals surface area (Å²) in [5.41, 5.74) is 7.28. The normalized spacial score (nSPS) is 30.4. The Labute approximate surface area is 187 Å². The number of morpholine rings is 1. The third kappa shape index (κ3) is 2.73. The fourth-order valence-electron chi connectivity index (χ4n) is 6.24. The van der Waals surface area contributed by atoms with Crippen molar-refractivity contribution in [2.45, 2.75) is 18.0 Å². The standard InChI is InChI=1S/C24H29N5O3/c25-20-6-5-19(17-3-1-2-4-18(17)20)21-13-16-14-26-15-24(16)22(30)28(23(31)29(21)24)8-7-27-9-11-32-12-10-27/h1-6,16,21,26H,7-15,25H2/t16-,21?,24+/m1/s1. The van der Waals surface area contributed by atoms with Crippen LogP contribution in [-0.4, -0.2) is 84.7 Å². The number of benzene rings is 2. The minimum Gasteiger partial charge on any atom is -0.398 e. The number of carbonyl (C=O) groups excluding carboxylic acids is 2. The predicted molar refractivity (Wildman–Crippen MR) is 121 cm³/mol.